The second-order valence-corrected chi connectivity index (χ2v) is 4.98. The molecular formula is C13H7BrF3NO3. The number of hydrogen-bond donors (Lipinski definition) is 0. The molecule has 1 aromatic heterocycles. The molecule has 1 aromatic carbocycles. The molecule has 0 saturated heterocycles. The van der Waals surface area contributed by atoms with E-state index in [2.05, 4.69) is 20.9 Å². The minimum absolute atomic E-state index is 0.0498. The van der Waals surface area contributed by atoms with Gasteiger partial charge in [-0.2, -0.15) is 13.2 Å². The van der Waals surface area contributed by atoms with E-state index in [0.717, 1.165) is 18.3 Å². The number of ether oxygens (including phenoxy) is 3. The van der Waals surface area contributed by atoms with Crippen molar-refractivity contribution in [2.75, 3.05) is 6.79 Å². The number of aromatic nitrogens is 1. The maximum Gasteiger partial charge on any atom is 0.417 e. The molecule has 110 valence electrons. The fraction of sp³-hybridized carbons (Fsp3) is 0.154. The van der Waals surface area contributed by atoms with E-state index in [0.29, 0.717) is 21.7 Å². The van der Waals surface area contributed by atoms with Gasteiger partial charge in [-0.05, 0) is 28.1 Å². The van der Waals surface area contributed by atoms with Crippen LogP contribution in [-0.2, 0) is 6.18 Å². The quantitative estimate of drug-likeness (QED) is 0.795. The molecule has 2 heterocycles. The summed E-state index contributed by atoms with van der Waals surface area (Å²) in [5, 5.41) is 0. The van der Waals surface area contributed by atoms with Crippen LogP contribution in [0.5, 0.6) is 23.1 Å². The Hall–Kier alpha value is -1.96. The van der Waals surface area contributed by atoms with Crippen molar-refractivity contribution in [3.63, 3.8) is 0 Å². The maximum atomic E-state index is 12.4. The largest absolute Gasteiger partial charge is 0.453 e. The molecule has 1 aliphatic heterocycles. The van der Waals surface area contributed by atoms with E-state index in [-0.39, 0.29) is 12.7 Å². The van der Waals surface area contributed by atoms with Crippen molar-refractivity contribution in [2.24, 2.45) is 0 Å². The van der Waals surface area contributed by atoms with Crippen LogP contribution in [0.1, 0.15) is 5.56 Å². The second-order valence-electron chi connectivity index (χ2n) is 4.12. The molecular weight excluding hydrogens is 355 g/mol. The van der Waals surface area contributed by atoms with Gasteiger partial charge in [0.15, 0.2) is 11.5 Å². The summed E-state index contributed by atoms with van der Waals surface area (Å²) in [6.07, 6.45) is -3.70. The highest BCUT2D eigenvalue weighted by Gasteiger charge is 2.30. The zero-order chi connectivity index (χ0) is 15.0. The maximum absolute atomic E-state index is 12.4. The van der Waals surface area contributed by atoms with E-state index in [1.54, 1.807) is 12.1 Å². The van der Waals surface area contributed by atoms with Crippen LogP contribution < -0.4 is 14.2 Å². The van der Waals surface area contributed by atoms with E-state index < -0.39 is 11.7 Å². The van der Waals surface area contributed by atoms with E-state index in [1.807, 2.05) is 0 Å². The van der Waals surface area contributed by atoms with E-state index >= 15 is 0 Å². The fourth-order valence-corrected chi connectivity index (χ4v) is 2.27. The summed E-state index contributed by atoms with van der Waals surface area (Å²) < 4.78 is 53.8. The third-order valence-corrected chi connectivity index (χ3v) is 3.28. The summed E-state index contributed by atoms with van der Waals surface area (Å²) in [5.74, 6) is 1.47. The van der Waals surface area contributed by atoms with Crippen LogP contribution in [0.3, 0.4) is 0 Å². The highest BCUT2D eigenvalue weighted by molar-refractivity contribution is 9.10. The lowest BCUT2D eigenvalue weighted by Gasteiger charge is -2.09. The summed E-state index contributed by atoms with van der Waals surface area (Å²) in [7, 11) is 0. The van der Waals surface area contributed by atoms with Crippen molar-refractivity contribution < 1.29 is 27.4 Å². The van der Waals surface area contributed by atoms with Crippen LogP contribution in [0.25, 0.3) is 0 Å². The van der Waals surface area contributed by atoms with Crippen molar-refractivity contribution in [3.05, 3.63) is 40.5 Å². The molecule has 0 aliphatic carbocycles. The molecule has 0 saturated carbocycles. The van der Waals surface area contributed by atoms with Crippen LogP contribution in [0.15, 0.2) is 34.9 Å². The molecule has 0 amide bonds. The van der Waals surface area contributed by atoms with Gasteiger partial charge in [-0.1, -0.05) is 0 Å². The number of rotatable bonds is 2. The molecule has 3 rings (SSSR count). The number of halogens is 4. The lowest BCUT2D eigenvalue weighted by molar-refractivity contribution is -0.137. The minimum Gasteiger partial charge on any atom is -0.453 e. The van der Waals surface area contributed by atoms with Crippen molar-refractivity contribution in [1.82, 2.24) is 4.98 Å². The van der Waals surface area contributed by atoms with E-state index in [9.17, 15) is 13.2 Å². The molecule has 0 N–H and O–H groups in total. The Morgan fingerprint density at radius 3 is 2.67 bits per heavy atom. The van der Waals surface area contributed by atoms with Crippen LogP contribution in [0, 0.1) is 0 Å². The summed E-state index contributed by atoms with van der Waals surface area (Å²) in [6.45, 7) is 0.107. The molecule has 4 nitrogen and oxygen atoms in total. The molecule has 0 bridgehead atoms. The topological polar surface area (TPSA) is 40.6 Å². The molecule has 1 aliphatic rings. The Morgan fingerprint density at radius 1 is 1.19 bits per heavy atom. The van der Waals surface area contributed by atoms with Crippen molar-refractivity contribution in [1.29, 1.82) is 0 Å². The average Bonchev–Trinajstić information content (AvgIpc) is 2.87. The van der Waals surface area contributed by atoms with Crippen LogP contribution in [0.2, 0.25) is 0 Å². The Morgan fingerprint density at radius 2 is 2.00 bits per heavy atom. The van der Waals surface area contributed by atoms with Gasteiger partial charge in [0.2, 0.25) is 12.7 Å². The van der Waals surface area contributed by atoms with Gasteiger partial charge >= 0.3 is 6.18 Å². The molecule has 0 atom stereocenters. The summed E-state index contributed by atoms with van der Waals surface area (Å²) in [4.78, 5) is 3.63. The number of pyridine rings is 1. The minimum atomic E-state index is -4.42. The van der Waals surface area contributed by atoms with Gasteiger partial charge in [0, 0.05) is 18.3 Å². The van der Waals surface area contributed by atoms with Gasteiger partial charge in [0.1, 0.15) is 5.75 Å². The Kier molecular flexibility index (Phi) is 3.40. The first-order valence-electron chi connectivity index (χ1n) is 5.74. The van der Waals surface area contributed by atoms with Crippen molar-refractivity contribution >= 4 is 15.9 Å². The zero-order valence-corrected chi connectivity index (χ0v) is 11.9. The molecule has 0 radical (unpaired) electrons. The van der Waals surface area contributed by atoms with Gasteiger partial charge in [-0.25, -0.2) is 4.98 Å². The number of benzene rings is 1. The second kappa shape index (κ2) is 5.10. The van der Waals surface area contributed by atoms with Crippen LogP contribution in [0.4, 0.5) is 13.2 Å². The predicted molar refractivity (Wildman–Crippen MR) is 69.6 cm³/mol. The highest BCUT2D eigenvalue weighted by Crippen LogP contribution is 2.43. The summed E-state index contributed by atoms with van der Waals surface area (Å²) in [5.41, 5.74) is -0.832. The fourth-order valence-electron chi connectivity index (χ4n) is 1.73. The van der Waals surface area contributed by atoms with Gasteiger partial charge in [-0.15, -0.1) is 0 Å². The zero-order valence-electron chi connectivity index (χ0n) is 10.3. The lowest BCUT2D eigenvalue weighted by Crippen LogP contribution is -2.05. The molecule has 0 fully saturated rings. The van der Waals surface area contributed by atoms with Gasteiger partial charge < -0.3 is 14.2 Å². The Bertz CT molecular complexity index is 674. The Labute approximate surface area is 125 Å². The number of nitrogens with zero attached hydrogens (tertiary/aromatic N) is 1. The molecule has 0 spiro atoms. The molecule has 2 aromatic rings. The van der Waals surface area contributed by atoms with Crippen molar-refractivity contribution in [2.45, 2.75) is 6.18 Å². The van der Waals surface area contributed by atoms with Gasteiger partial charge in [-0.3, -0.25) is 0 Å². The normalized spacial score (nSPS) is 13.3. The lowest BCUT2D eigenvalue weighted by atomic mass is 10.3. The average molecular weight is 362 g/mol. The standard InChI is InChI=1S/C13H7BrF3NO3/c14-9-3-8(4-10-12(9)20-6-19-10)21-11-2-1-7(5-18-11)13(15,16)17/h1-5H,6H2. The Balaban J connectivity index is 1.82. The van der Waals surface area contributed by atoms with Crippen molar-refractivity contribution in [3.8, 4) is 23.1 Å². The monoisotopic (exact) mass is 361 g/mol. The first kappa shape index (κ1) is 14.0. The molecule has 21 heavy (non-hydrogen) atoms. The van der Waals surface area contributed by atoms with E-state index in [1.165, 1.54) is 0 Å². The van der Waals surface area contributed by atoms with E-state index in [4.69, 9.17) is 14.2 Å². The highest BCUT2D eigenvalue weighted by atomic mass is 79.9. The summed E-state index contributed by atoms with van der Waals surface area (Å²) in [6, 6.07) is 5.25. The molecule has 8 heteroatoms. The van der Waals surface area contributed by atoms with Crippen LogP contribution >= 0.6 is 15.9 Å². The van der Waals surface area contributed by atoms with Gasteiger partial charge in [0.25, 0.3) is 0 Å². The van der Waals surface area contributed by atoms with Gasteiger partial charge in [0.05, 0.1) is 10.0 Å². The predicted octanol–water partition coefficient (Wildman–Crippen LogP) is 4.38. The first-order valence-corrected chi connectivity index (χ1v) is 6.53. The van der Waals surface area contributed by atoms with Crippen LogP contribution in [-0.4, -0.2) is 11.8 Å². The molecule has 0 unspecified atom stereocenters. The summed E-state index contributed by atoms with van der Waals surface area (Å²) >= 11 is 3.30. The number of fused-ring (bicyclic) bond motifs is 1. The number of hydrogen-bond acceptors (Lipinski definition) is 4. The third-order valence-electron chi connectivity index (χ3n) is 2.69. The SMILES string of the molecule is FC(F)(F)c1ccc(Oc2cc(Br)c3c(c2)OCO3)nc1. The number of alkyl halides is 3. The third kappa shape index (κ3) is 2.90. The first-order chi connectivity index (χ1) is 9.93. The smallest absolute Gasteiger partial charge is 0.417 e.